The summed E-state index contributed by atoms with van der Waals surface area (Å²) in [5.41, 5.74) is 4.17. The van der Waals surface area contributed by atoms with Gasteiger partial charge in [-0.3, -0.25) is 14.7 Å². The van der Waals surface area contributed by atoms with Gasteiger partial charge < -0.3 is 5.73 Å². The number of non-ortho nitro benzene ring substituents is 1. The molecule has 0 unspecified atom stereocenters. The summed E-state index contributed by atoms with van der Waals surface area (Å²) in [5.74, 6) is 0. The average molecular weight is 261 g/mol. The predicted octanol–water partition coefficient (Wildman–Crippen LogP) is 0.283. The van der Waals surface area contributed by atoms with E-state index in [-0.39, 0.29) is 15.7 Å². The van der Waals surface area contributed by atoms with Gasteiger partial charge in [-0.05, 0) is 12.1 Å². The lowest BCUT2D eigenvalue weighted by atomic mass is 10.3. The maximum absolute atomic E-state index is 10.8. The van der Waals surface area contributed by atoms with Crippen LogP contribution in [-0.4, -0.2) is 23.9 Å². The maximum Gasteiger partial charge on any atom is 0.368 e. The number of nitrogens with zero attached hydrogens (tertiary/aromatic N) is 2. The number of nitro groups is 1. The fraction of sp³-hybridized carbons (Fsp3) is 0. The highest BCUT2D eigenvalue weighted by atomic mass is 32.2. The fourth-order valence-corrected chi connectivity index (χ4v) is 1.70. The molecule has 0 fully saturated rings. The molecular formula is C7H7N3O6S. The standard InChI is InChI=1S/C7H7N3O6S/c8-7(11)9(17(14,15)16)5-1-3-6(4-2-5)10(12)13/h1-4H,(H2,8,11)(H,14,15,16). The summed E-state index contributed by atoms with van der Waals surface area (Å²) in [5, 5.41) is 10.3. The summed E-state index contributed by atoms with van der Waals surface area (Å²) in [6.07, 6.45) is 0. The molecule has 0 saturated carbocycles. The Morgan fingerprint density at radius 3 is 2.12 bits per heavy atom. The first-order valence-electron chi connectivity index (χ1n) is 4.05. The van der Waals surface area contributed by atoms with Gasteiger partial charge in [-0.25, -0.2) is 4.79 Å². The lowest BCUT2D eigenvalue weighted by Gasteiger charge is -2.15. The Bertz CT molecular complexity index is 551. The average Bonchev–Trinajstić information content (AvgIpc) is 2.15. The number of benzene rings is 1. The summed E-state index contributed by atoms with van der Waals surface area (Å²) in [6, 6.07) is 2.45. The molecule has 0 radical (unpaired) electrons. The topological polar surface area (TPSA) is 144 Å². The van der Waals surface area contributed by atoms with Crippen LogP contribution in [0, 0.1) is 10.1 Å². The van der Waals surface area contributed by atoms with Crippen LogP contribution < -0.4 is 10.0 Å². The number of hydrogen-bond donors (Lipinski definition) is 2. The summed E-state index contributed by atoms with van der Waals surface area (Å²) in [4.78, 5) is 20.5. The third kappa shape index (κ3) is 2.89. The third-order valence-electron chi connectivity index (χ3n) is 1.73. The number of hydrogen-bond acceptors (Lipinski definition) is 5. The van der Waals surface area contributed by atoms with Crippen molar-refractivity contribution >= 4 is 27.7 Å². The normalized spacial score (nSPS) is 10.9. The molecule has 0 aliphatic rings. The van der Waals surface area contributed by atoms with E-state index < -0.39 is 21.3 Å². The minimum Gasteiger partial charge on any atom is -0.350 e. The molecule has 1 aromatic carbocycles. The van der Waals surface area contributed by atoms with E-state index in [2.05, 4.69) is 0 Å². The third-order valence-corrected chi connectivity index (χ3v) is 2.58. The summed E-state index contributed by atoms with van der Waals surface area (Å²) in [6.45, 7) is 0. The number of urea groups is 1. The van der Waals surface area contributed by atoms with Gasteiger partial charge in [-0.15, -0.1) is 0 Å². The number of carbonyl (C=O) groups is 1. The molecule has 10 heteroatoms. The summed E-state index contributed by atoms with van der Waals surface area (Å²) >= 11 is 0. The van der Waals surface area contributed by atoms with Crippen molar-refractivity contribution in [3.8, 4) is 0 Å². The van der Waals surface area contributed by atoms with E-state index >= 15 is 0 Å². The molecule has 1 rings (SSSR count). The van der Waals surface area contributed by atoms with Crippen molar-refractivity contribution in [3.63, 3.8) is 0 Å². The second-order valence-corrected chi connectivity index (χ2v) is 4.11. The molecule has 3 N–H and O–H groups in total. The van der Waals surface area contributed by atoms with Crippen LogP contribution in [0.2, 0.25) is 0 Å². The largest absolute Gasteiger partial charge is 0.368 e. The van der Waals surface area contributed by atoms with Gasteiger partial charge in [-0.2, -0.15) is 12.7 Å². The molecule has 9 nitrogen and oxygen atoms in total. The zero-order chi connectivity index (χ0) is 13.2. The molecule has 0 aliphatic heterocycles. The van der Waals surface area contributed by atoms with Crippen molar-refractivity contribution in [2.45, 2.75) is 0 Å². The van der Waals surface area contributed by atoms with E-state index in [1.54, 1.807) is 0 Å². The molecule has 1 aromatic rings. The van der Waals surface area contributed by atoms with E-state index in [1.165, 1.54) is 0 Å². The zero-order valence-corrected chi connectivity index (χ0v) is 8.99. The Labute approximate surface area is 95.5 Å². The van der Waals surface area contributed by atoms with Gasteiger partial charge >= 0.3 is 16.3 Å². The molecule has 0 heterocycles. The first kappa shape index (κ1) is 12.9. The van der Waals surface area contributed by atoms with Gasteiger partial charge in [0.15, 0.2) is 0 Å². The smallest absolute Gasteiger partial charge is 0.350 e. The summed E-state index contributed by atoms with van der Waals surface area (Å²) < 4.78 is 30.3. The van der Waals surface area contributed by atoms with Crippen LogP contribution in [0.15, 0.2) is 24.3 Å². The molecule has 0 aromatic heterocycles. The van der Waals surface area contributed by atoms with E-state index in [1.807, 2.05) is 0 Å². The quantitative estimate of drug-likeness (QED) is 0.454. The van der Waals surface area contributed by atoms with E-state index in [9.17, 15) is 23.3 Å². The highest BCUT2D eigenvalue weighted by Crippen LogP contribution is 2.20. The van der Waals surface area contributed by atoms with Crippen LogP contribution in [0.25, 0.3) is 0 Å². The summed E-state index contributed by atoms with van der Waals surface area (Å²) in [7, 11) is -4.86. The van der Waals surface area contributed by atoms with Crippen molar-refractivity contribution in [3.05, 3.63) is 34.4 Å². The Kier molecular flexibility index (Phi) is 3.29. The predicted molar refractivity (Wildman–Crippen MR) is 56.7 cm³/mol. The number of rotatable bonds is 3. The molecule has 17 heavy (non-hydrogen) atoms. The Hall–Kier alpha value is -2.20. The molecule has 2 amide bonds. The SMILES string of the molecule is NC(=O)N(c1ccc([N+](=O)[O-])cc1)S(=O)(=O)O. The maximum atomic E-state index is 10.8. The van der Waals surface area contributed by atoms with Gasteiger partial charge in [-0.1, -0.05) is 0 Å². The van der Waals surface area contributed by atoms with Crippen LogP contribution in [-0.2, 0) is 10.3 Å². The number of primary amides is 1. The minimum atomic E-state index is -4.86. The monoisotopic (exact) mass is 261 g/mol. The second-order valence-electron chi connectivity index (χ2n) is 2.85. The molecular weight excluding hydrogens is 254 g/mol. The van der Waals surface area contributed by atoms with Gasteiger partial charge in [0, 0.05) is 12.1 Å². The fourth-order valence-electron chi connectivity index (χ4n) is 1.08. The van der Waals surface area contributed by atoms with Crippen LogP contribution in [0.5, 0.6) is 0 Å². The number of nitro benzene ring substituents is 1. The van der Waals surface area contributed by atoms with Gasteiger partial charge in [0.25, 0.3) is 5.69 Å². The van der Waals surface area contributed by atoms with Gasteiger partial charge in [0.05, 0.1) is 10.6 Å². The lowest BCUT2D eigenvalue weighted by Crippen LogP contribution is -2.40. The number of amides is 2. The minimum absolute atomic E-state index is 0.0866. The Morgan fingerprint density at radius 2 is 1.82 bits per heavy atom. The van der Waals surface area contributed by atoms with Crippen LogP contribution in [0.3, 0.4) is 0 Å². The van der Waals surface area contributed by atoms with Crippen LogP contribution in [0.4, 0.5) is 16.2 Å². The number of anilines is 1. The van der Waals surface area contributed by atoms with E-state index in [0.717, 1.165) is 24.3 Å². The van der Waals surface area contributed by atoms with Crippen molar-refractivity contribution in [1.29, 1.82) is 0 Å². The number of carbonyl (C=O) groups excluding carboxylic acids is 1. The Morgan fingerprint density at radius 1 is 1.35 bits per heavy atom. The van der Waals surface area contributed by atoms with Crippen molar-refractivity contribution in [2.75, 3.05) is 4.31 Å². The molecule has 0 saturated heterocycles. The van der Waals surface area contributed by atoms with Crippen molar-refractivity contribution < 1.29 is 22.7 Å². The first-order valence-corrected chi connectivity index (χ1v) is 5.45. The van der Waals surface area contributed by atoms with Gasteiger partial charge in [0.2, 0.25) is 0 Å². The van der Waals surface area contributed by atoms with Crippen molar-refractivity contribution in [1.82, 2.24) is 0 Å². The zero-order valence-electron chi connectivity index (χ0n) is 8.18. The van der Waals surface area contributed by atoms with Crippen molar-refractivity contribution in [2.24, 2.45) is 5.73 Å². The molecule has 0 spiro atoms. The number of nitrogens with two attached hydrogens (primary N) is 1. The van der Waals surface area contributed by atoms with Crippen LogP contribution >= 0.6 is 0 Å². The van der Waals surface area contributed by atoms with Crippen LogP contribution in [0.1, 0.15) is 0 Å². The highest BCUT2D eigenvalue weighted by molar-refractivity contribution is 7.88. The molecule has 0 bridgehead atoms. The Balaban J connectivity index is 3.22. The second kappa shape index (κ2) is 4.35. The first-order chi connectivity index (χ1) is 7.73. The lowest BCUT2D eigenvalue weighted by molar-refractivity contribution is -0.384. The molecule has 0 aliphatic carbocycles. The van der Waals surface area contributed by atoms with E-state index in [0.29, 0.717) is 0 Å². The van der Waals surface area contributed by atoms with E-state index in [4.69, 9.17) is 10.3 Å². The highest BCUT2D eigenvalue weighted by Gasteiger charge is 2.25. The molecule has 0 atom stereocenters. The molecule has 92 valence electrons. The van der Waals surface area contributed by atoms with Gasteiger partial charge in [0.1, 0.15) is 0 Å².